The van der Waals surface area contributed by atoms with Gasteiger partial charge in [-0.25, -0.2) is 4.98 Å². The summed E-state index contributed by atoms with van der Waals surface area (Å²) in [6.07, 6.45) is 5.47. The van der Waals surface area contributed by atoms with Crippen LogP contribution in [0.15, 0.2) is 23.7 Å². The van der Waals surface area contributed by atoms with E-state index in [2.05, 4.69) is 42.3 Å². The van der Waals surface area contributed by atoms with Gasteiger partial charge in [0.1, 0.15) is 0 Å². The highest BCUT2D eigenvalue weighted by Gasteiger charge is 2.14. The lowest BCUT2D eigenvalue weighted by atomic mass is 10.0. The predicted molar refractivity (Wildman–Crippen MR) is 86.1 cm³/mol. The molecule has 1 aromatic heterocycles. The highest BCUT2D eigenvalue weighted by molar-refractivity contribution is 7.13. The van der Waals surface area contributed by atoms with E-state index in [4.69, 9.17) is 0 Å². The van der Waals surface area contributed by atoms with Gasteiger partial charge in [-0.1, -0.05) is 31.0 Å². The van der Waals surface area contributed by atoms with Crippen molar-refractivity contribution < 1.29 is 0 Å². The number of aryl methyl sites for hydroxylation is 2. The third-order valence-corrected chi connectivity index (χ3v) is 5.26. The van der Waals surface area contributed by atoms with Gasteiger partial charge in [-0.3, -0.25) is 0 Å². The van der Waals surface area contributed by atoms with Crippen molar-refractivity contribution in [2.45, 2.75) is 52.1 Å². The molecule has 0 atom stereocenters. The molecule has 0 unspecified atom stereocenters. The van der Waals surface area contributed by atoms with Gasteiger partial charge in [0.15, 0.2) is 0 Å². The molecule has 1 N–H and O–H groups in total. The molecule has 20 heavy (non-hydrogen) atoms. The summed E-state index contributed by atoms with van der Waals surface area (Å²) in [6.45, 7) is 5.29. The van der Waals surface area contributed by atoms with Crippen molar-refractivity contribution in [1.29, 1.82) is 0 Å². The molecular weight excluding hydrogens is 264 g/mol. The number of nitrogens with zero attached hydrogens (tertiary/aromatic N) is 1. The molecule has 1 aliphatic rings. The summed E-state index contributed by atoms with van der Waals surface area (Å²) >= 11 is 1.72. The fourth-order valence-corrected chi connectivity index (χ4v) is 3.80. The van der Waals surface area contributed by atoms with Gasteiger partial charge in [-0.05, 0) is 43.4 Å². The maximum atomic E-state index is 4.34. The predicted octanol–water partition coefficient (Wildman–Crippen LogP) is 4.46. The van der Waals surface area contributed by atoms with Crippen LogP contribution in [-0.2, 0) is 6.54 Å². The Morgan fingerprint density at radius 1 is 1.25 bits per heavy atom. The lowest BCUT2D eigenvalue weighted by molar-refractivity contribution is 0.523. The topological polar surface area (TPSA) is 24.9 Å². The second-order valence-electron chi connectivity index (χ2n) is 5.77. The molecule has 0 spiro atoms. The molecule has 2 aromatic rings. The molecule has 1 aliphatic carbocycles. The zero-order valence-corrected chi connectivity index (χ0v) is 13.1. The zero-order valence-electron chi connectivity index (χ0n) is 12.3. The number of thiazole rings is 1. The van der Waals surface area contributed by atoms with E-state index in [1.807, 2.05) is 5.51 Å². The molecule has 0 radical (unpaired) electrons. The minimum absolute atomic E-state index is 0.734. The molecule has 1 aromatic carbocycles. The second-order valence-corrected chi connectivity index (χ2v) is 6.63. The number of aromatic nitrogens is 1. The van der Waals surface area contributed by atoms with Crippen LogP contribution in [0.5, 0.6) is 0 Å². The first kappa shape index (κ1) is 13.8. The molecule has 1 saturated carbocycles. The van der Waals surface area contributed by atoms with E-state index in [0.29, 0.717) is 0 Å². The molecule has 0 saturated heterocycles. The first-order chi connectivity index (χ1) is 9.74. The Hall–Kier alpha value is -1.19. The van der Waals surface area contributed by atoms with Crippen LogP contribution in [0.4, 0.5) is 0 Å². The van der Waals surface area contributed by atoms with Gasteiger partial charge in [0.2, 0.25) is 0 Å². The minimum atomic E-state index is 0.734. The van der Waals surface area contributed by atoms with Gasteiger partial charge >= 0.3 is 0 Å². The van der Waals surface area contributed by atoms with E-state index in [-0.39, 0.29) is 0 Å². The van der Waals surface area contributed by atoms with Crippen molar-refractivity contribution in [3.05, 3.63) is 40.5 Å². The fourth-order valence-electron chi connectivity index (χ4n) is 3.00. The zero-order chi connectivity index (χ0) is 13.9. The first-order valence-corrected chi connectivity index (χ1v) is 8.35. The van der Waals surface area contributed by atoms with E-state index >= 15 is 0 Å². The van der Waals surface area contributed by atoms with Gasteiger partial charge in [0.05, 0.1) is 16.1 Å². The average molecular weight is 286 g/mol. The number of hydrogen-bond donors (Lipinski definition) is 1. The Labute approximate surface area is 125 Å². The van der Waals surface area contributed by atoms with E-state index < -0.39 is 0 Å². The van der Waals surface area contributed by atoms with Gasteiger partial charge in [0.25, 0.3) is 0 Å². The van der Waals surface area contributed by atoms with Crippen molar-refractivity contribution in [3.63, 3.8) is 0 Å². The Bertz CT molecular complexity index is 582. The van der Waals surface area contributed by atoms with Crippen molar-refractivity contribution in [3.8, 4) is 10.4 Å². The van der Waals surface area contributed by atoms with Gasteiger partial charge < -0.3 is 5.32 Å². The number of hydrogen-bond acceptors (Lipinski definition) is 3. The lowest BCUT2D eigenvalue weighted by Gasteiger charge is -2.14. The normalized spacial score (nSPS) is 15.9. The summed E-state index contributed by atoms with van der Waals surface area (Å²) in [6, 6.07) is 7.54. The minimum Gasteiger partial charge on any atom is -0.310 e. The summed E-state index contributed by atoms with van der Waals surface area (Å²) in [5, 5.41) is 3.69. The highest BCUT2D eigenvalue weighted by atomic mass is 32.1. The van der Waals surface area contributed by atoms with Gasteiger partial charge in [-0.2, -0.15) is 0 Å². The number of benzene rings is 1. The Morgan fingerprint density at radius 2 is 2.05 bits per heavy atom. The van der Waals surface area contributed by atoms with E-state index in [0.717, 1.165) is 18.3 Å². The van der Waals surface area contributed by atoms with Crippen molar-refractivity contribution in [2.24, 2.45) is 0 Å². The maximum Gasteiger partial charge on any atom is 0.0801 e. The van der Waals surface area contributed by atoms with Crippen LogP contribution in [-0.4, -0.2) is 11.0 Å². The van der Waals surface area contributed by atoms with Crippen LogP contribution >= 0.6 is 11.3 Å². The fraction of sp³-hybridized carbons (Fsp3) is 0.471. The standard InChI is InChI=1S/C17H22N2S/c1-12-9-14(17-13(2)19-11-20-17)7-8-15(12)10-18-16-5-3-4-6-16/h7-9,11,16,18H,3-6,10H2,1-2H3. The molecule has 1 fully saturated rings. The molecule has 1 heterocycles. The number of nitrogens with one attached hydrogen (secondary N) is 1. The Kier molecular flexibility index (Phi) is 4.18. The maximum absolute atomic E-state index is 4.34. The smallest absolute Gasteiger partial charge is 0.0801 e. The third kappa shape index (κ3) is 2.94. The van der Waals surface area contributed by atoms with E-state index in [1.54, 1.807) is 11.3 Å². The van der Waals surface area contributed by atoms with Gasteiger partial charge in [-0.15, -0.1) is 11.3 Å². The van der Waals surface area contributed by atoms with Crippen LogP contribution in [0.25, 0.3) is 10.4 Å². The van der Waals surface area contributed by atoms with Crippen molar-refractivity contribution in [2.75, 3.05) is 0 Å². The second kappa shape index (κ2) is 6.06. The van der Waals surface area contributed by atoms with Crippen LogP contribution in [0.1, 0.15) is 42.5 Å². The van der Waals surface area contributed by atoms with Gasteiger partial charge in [0, 0.05) is 12.6 Å². The molecule has 3 rings (SSSR count). The molecule has 106 valence electrons. The molecular formula is C17H22N2S. The summed E-state index contributed by atoms with van der Waals surface area (Å²) < 4.78 is 0. The summed E-state index contributed by atoms with van der Waals surface area (Å²) in [5.41, 5.74) is 7.15. The van der Waals surface area contributed by atoms with E-state index in [1.165, 1.54) is 47.3 Å². The van der Waals surface area contributed by atoms with Crippen molar-refractivity contribution >= 4 is 11.3 Å². The lowest BCUT2D eigenvalue weighted by Crippen LogP contribution is -2.25. The Balaban J connectivity index is 1.72. The SMILES string of the molecule is Cc1cc(-c2scnc2C)ccc1CNC1CCCC1. The monoisotopic (exact) mass is 286 g/mol. The highest BCUT2D eigenvalue weighted by Crippen LogP contribution is 2.28. The average Bonchev–Trinajstić information content (AvgIpc) is 3.08. The largest absolute Gasteiger partial charge is 0.310 e. The third-order valence-electron chi connectivity index (χ3n) is 4.29. The Morgan fingerprint density at radius 3 is 2.70 bits per heavy atom. The van der Waals surface area contributed by atoms with Crippen molar-refractivity contribution in [1.82, 2.24) is 10.3 Å². The first-order valence-electron chi connectivity index (χ1n) is 7.47. The van der Waals surface area contributed by atoms with Crippen LogP contribution in [0.3, 0.4) is 0 Å². The molecule has 3 heteroatoms. The van der Waals surface area contributed by atoms with Crippen LogP contribution < -0.4 is 5.32 Å². The summed E-state index contributed by atoms with van der Waals surface area (Å²) in [5.74, 6) is 0. The summed E-state index contributed by atoms with van der Waals surface area (Å²) in [7, 11) is 0. The quantitative estimate of drug-likeness (QED) is 0.897. The molecule has 0 amide bonds. The molecule has 0 aliphatic heterocycles. The summed E-state index contributed by atoms with van der Waals surface area (Å²) in [4.78, 5) is 5.63. The molecule has 0 bridgehead atoms. The van der Waals surface area contributed by atoms with E-state index in [9.17, 15) is 0 Å². The van der Waals surface area contributed by atoms with Crippen LogP contribution in [0, 0.1) is 13.8 Å². The molecule has 2 nitrogen and oxygen atoms in total. The number of rotatable bonds is 4. The van der Waals surface area contributed by atoms with Crippen LogP contribution in [0.2, 0.25) is 0 Å².